The maximum absolute atomic E-state index is 12.9. The van der Waals surface area contributed by atoms with E-state index in [1.807, 2.05) is 29.2 Å². The first kappa shape index (κ1) is 14.1. The molecule has 3 nitrogen and oxygen atoms in total. The van der Waals surface area contributed by atoms with Crippen molar-refractivity contribution in [3.8, 4) is 5.75 Å². The Morgan fingerprint density at radius 3 is 2.68 bits per heavy atom. The number of para-hydroxylation sites is 2. The van der Waals surface area contributed by atoms with Crippen LogP contribution in [0, 0.1) is 17.8 Å². The topological polar surface area (TPSA) is 29.5 Å². The van der Waals surface area contributed by atoms with Crippen molar-refractivity contribution in [3.63, 3.8) is 0 Å². The summed E-state index contributed by atoms with van der Waals surface area (Å²) in [5.74, 6) is 3.14. The Labute approximate surface area is 132 Å². The number of carbonyl (C=O) groups excluding carboxylic acids is 1. The normalized spacial score (nSPS) is 29.3. The lowest BCUT2D eigenvalue weighted by Crippen LogP contribution is -2.52. The molecule has 0 atom stereocenters. The van der Waals surface area contributed by atoms with Gasteiger partial charge in [0.05, 0.1) is 12.2 Å². The highest BCUT2D eigenvalue weighted by Gasteiger charge is 2.42. The average Bonchev–Trinajstić information content (AvgIpc) is 3.24. The minimum atomic E-state index is -0.318. The van der Waals surface area contributed by atoms with Crippen molar-refractivity contribution in [2.24, 2.45) is 17.8 Å². The minimum Gasteiger partial charge on any atom is -0.484 e. The Bertz CT molecular complexity index is 585. The fourth-order valence-corrected chi connectivity index (χ4v) is 3.93. The molecule has 2 saturated carbocycles. The van der Waals surface area contributed by atoms with Crippen LogP contribution in [-0.2, 0) is 4.79 Å². The quantitative estimate of drug-likeness (QED) is 0.843. The predicted molar refractivity (Wildman–Crippen MR) is 87.1 cm³/mol. The second-order valence-electron chi connectivity index (χ2n) is 7.97. The van der Waals surface area contributed by atoms with E-state index in [2.05, 4.69) is 13.8 Å². The van der Waals surface area contributed by atoms with Crippen LogP contribution in [-0.4, -0.2) is 18.1 Å². The van der Waals surface area contributed by atoms with Crippen molar-refractivity contribution in [3.05, 3.63) is 24.3 Å². The van der Waals surface area contributed by atoms with E-state index >= 15 is 0 Å². The van der Waals surface area contributed by atoms with Crippen LogP contribution in [0.15, 0.2) is 24.3 Å². The van der Waals surface area contributed by atoms with Crippen LogP contribution < -0.4 is 9.64 Å². The molecule has 2 fully saturated rings. The monoisotopic (exact) mass is 299 g/mol. The number of rotatable bonds is 3. The molecule has 0 bridgehead atoms. The van der Waals surface area contributed by atoms with Crippen LogP contribution >= 0.6 is 0 Å². The molecule has 3 heteroatoms. The smallest absolute Gasteiger partial charge is 0.230 e. The van der Waals surface area contributed by atoms with Gasteiger partial charge in [0.15, 0.2) is 0 Å². The van der Waals surface area contributed by atoms with Gasteiger partial charge in [-0.15, -0.1) is 0 Å². The van der Waals surface area contributed by atoms with Gasteiger partial charge < -0.3 is 9.64 Å². The standard InChI is InChI=1S/C19H25NO2/c1-19(2)12-20(16-5-3-4-6-17(16)22-19)18(21)15-10-14(11-15)9-13-7-8-13/h3-6,13-15H,7-12H2,1-2H3. The Hall–Kier alpha value is -1.51. The zero-order valence-corrected chi connectivity index (χ0v) is 13.5. The van der Waals surface area contributed by atoms with Gasteiger partial charge in [0.2, 0.25) is 5.91 Å². The van der Waals surface area contributed by atoms with E-state index in [0.717, 1.165) is 36.1 Å². The second kappa shape index (κ2) is 5.00. The van der Waals surface area contributed by atoms with Gasteiger partial charge in [0.1, 0.15) is 11.4 Å². The van der Waals surface area contributed by atoms with E-state index in [1.165, 1.54) is 19.3 Å². The van der Waals surface area contributed by atoms with Crippen LogP contribution in [0.5, 0.6) is 5.75 Å². The summed E-state index contributed by atoms with van der Waals surface area (Å²) in [7, 11) is 0. The summed E-state index contributed by atoms with van der Waals surface area (Å²) in [4.78, 5) is 14.9. The van der Waals surface area contributed by atoms with Crippen LogP contribution in [0.4, 0.5) is 5.69 Å². The number of amides is 1. The number of nitrogens with zero attached hydrogens (tertiary/aromatic N) is 1. The maximum atomic E-state index is 12.9. The molecule has 118 valence electrons. The van der Waals surface area contributed by atoms with Crippen LogP contribution in [0.3, 0.4) is 0 Å². The zero-order valence-electron chi connectivity index (χ0n) is 13.5. The summed E-state index contributed by atoms with van der Waals surface area (Å²) in [6.45, 7) is 4.76. The Morgan fingerprint density at radius 1 is 1.23 bits per heavy atom. The molecule has 22 heavy (non-hydrogen) atoms. The van der Waals surface area contributed by atoms with Crippen molar-refractivity contribution >= 4 is 11.6 Å². The molecule has 0 saturated heterocycles. The number of benzene rings is 1. The first-order valence-electron chi connectivity index (χ1n) is 8.61. The number of hydrogen-bond donors (Lipinski definition) is 0. The van der Waals surface area contributed by atoms with Crippen LogP contribution in [0.1, 0.15) is 46.0 Å². The van der Waals surface area contributed by atoms with Gasteiger partial charge >= 0.3 is 0 Å². The molecule has 3 aliphatic rings. The van der Waals surface area contributed by atoms with Gasteiger partial charge in [-0.05, 0) is 57.1 Å². The third-order valence-corrected chi connectivity index (χ3v) is 5.30. The van der Waals surface area contributed by atoms with E-state index in [9.17, 15) is 4.79 Å². The highest BCUT2D eigenvalue weighted by atomic mass is 16.5. The molecule has 1 aromatic carbocycles. The fraction of sp³-hybridized carbons (Fsp3) is 0.632. The molecule has 1 aromatic rings. The van der Waals surface area contributed by atoms with Crippen molar-refractivity contribution in [1.82, 2.24) is 0 Å². The summed E-state index contributed by atoms with van der Waals surface area (Å²) in [5.41, 5.74) is 0.624. The predicted octanol–water partition coefficient (Wildman–Crippen LogP) is 4.02. The average molecular weight is 299 g/mol. The molecule has 0 aromatic heterocycles. The Balaban J connectivity index is 1.48. The van der Waals surface area contributed by atoms with E-state index in [0.29, 0.717) is 12.5 Å². The second-order valence-corrected chi connectivity index (χ2v) is 7.97. The summed E-state index contributed by atoms with van der Waals surface area (Å²) in [6, 6.07) is 7.92. The number of hydrogen-bond acceptors (Lipinski definition) is 2. The summed E-state index contributed by atoms with van der Waals surface area (Å²) >= 11 is 0. The van der Waals surface area contributed by atoms with Gasteiger partial charge in [0, 0.05) is 5.92 Å². The van der Waals surface area contributed by atoms with Gasteiger partial charge in [-0.25, -0.2) is 0 Å². The lowest BCUT2D eigenvalue weighted by atomic mass is 9.71. The number of anilines is 1. The van der Waals surface area contributed by atoms with E-state index in [-0.39, 0.29) is 11.5 Å². The molecular formula is C19H25NO2. The lowest BCUT2D eigenvalue weighted by Gasteiger charge is -2.43. The number of ether oxygens (including phenoxy) is 1. The maximum Gasteiger partial charge on any atom is 0.230 e. The molecule has 0 unspecified atom stereocenters. The Morgan fingerprint density at radius 2 is 1.95 bits per heavy atom. The number of carbonyl (C=O) groups is 1. The van der Waals surface area contributed by atoms with Crippen molar-refractivity contribution in [1.29, 1.82) is 0 Å². The molecule has 2 aliphatic carbocycles. The van der Waals surface area contributed by atoms with Gasteiger partial charge in [-0.2, -0.15) is 0 Å². The van der Waals surface area contributed by atoms with E-state index in [4.69, 9.17) is 4.74 Å². The molecule has 0 N–H and O–H groups in total. The first-order chi connectivity index (χ1) is 10.5. The zero-order chi connectivity index (χ0) is 15.3. The molecule has 1 heterocycles. The molecule has 1 amide bonds. The molecule has 4 rings (SSSR count). The summed E-state index contributed by atoms with van der Waals surface area (Å²) in [6.07, 6.45) is 6.37. The van der Waals surface area contributed by atoms with Crippen molar-refractivity contribution < 1.29 is 9.53 Å². The molecule has 0 spiro atoms. The van der Waals surface area contributed by atoms with Crippen molar-refractivity contribution in [2.75, 3.05) is 11.4 Å². The van der Waals surface area contributed by atoms with Gasteiger partial charge in [-0.1, -0.05) is 25.0 Å². The van der Waals surface area contributed by atoms with Crippen LogP contribution in [0.2, 0.25) is 0 Å². The fourth-order valence-electron chi connectivity index (χ4n) is 3.93. The Kier molecular flexibility index (Phi) is 3.21. The highest BCUT2D eigenvalue weighted by Crippen LogP contribution is 2.46. The third kappa shape index (κ3) is 2.62. The molecular weight excluding hydrogens is 274 g/mol. The minimum absolute atomic E-state index is 0.228. The SMILES string of the molecule is CC1(C)CN(C(=O)C2CC(CC3CC3)C2)c2ccccc2O1. The van der Waals surface area contributed by atoms with Crippen LogP contribution in [0.25, 0.3) is 0 Å². The summed E-state index contributed by atoms with van der Waals surface area (Å²) in [5, 5.41) is 0. The van der Waals surface area contributed by atoms with E-state index in [1.54, 1.807) is 0 Å². The first-order valence-corrected chi connectivity index (χ1v) is 8.61. The molecule has 0 radical (unpaired) electrons. The summed E-state index contributed by atoms with van der Waals surface area (Å²) < 4.78 is 6.02. The molecule has 1 aliphatic heterocycles. The third-order valence-electron chi connectivity index (χ3n) is 5.30. The lowest BCUT2D eigenvalue weighted by molar-refractivity contribution is -0.127. The van der Waals surface area contributed by atoms with Gasteiger partial charge in [-0.3, -0.25) is 4.79 Å². The highest BCUT2D eigenvalue weighted by molar-refractivity contribution is 5.97. The van der Waals surface area contributed by atoms with E-state index < -0.39 is 0 Å². The largest absolute Gasteiger partial charge is 0.484 e. The van der Waals surface area contributed by atoms with Crippen molar-refractivity contribution in [2.45, 2.75) is 51.6 Å². The number of fused-ring (bicyclic) bond motifs is 1. The van der Waals surface area contributed by atoms with Gasteiger partial charge in [0.25, 0.3) is 0 Å².